The van der Waals surface area contributed by atoms with Gasteiger partial charge in [-0.15, -0.1) is 11.3 Å². The van der Waals surface area contributed by atoms with Gasteiger partial charge in [0.15, 0.2) is 0 Å². The normalized spacial score (nSPS) is 25.4. The van der Waals surface area contributed by atoms with Crippen LogP contribution in [0.15, 0.2) is 12.1 Å². The number of thiophene rings is 1. The van der Waals surface area contributed by atoms with Crippen molar-refractivity contribution in [1.29, 1.82) is 0 Å². The Kier molecular flexibility index (Phi) is 3.64. The summed E-state index contributed by atoms with van der Waals surface area (Å²) in [5, 5.41) is 3.15. The Morgan fingerprint density at radius 1 is 1.44 bits per heavy atom. The zero-order valence-electron chi connectivity index (χ0n) is 9.95. The molecule has 0 radical (unpaired) electrons. The molecule has 1 aromatic rings. The van der Waals surface area contributed by atoms with Crippen LogP contribution in [0.4, 0.5) is 0 Å². The highest BCUT2D eigenvalue weighted by Gasteiger charge is 2.21. The van der Waals surface area contributed by atoms with Crippen LogP contribution >= 0.6 is 11.3 Å². The van der Waals surface area contributed by atoms with Crippen LogP contribution in [-0.4, -0.2) is 11.9 Å². The molecule has 2 atom stereocenters. The molecule has 1 aliphatic rings. The second-order valence-corrected chi connectivity index (χ2v) is 6.14. The van der Waals surface area contributed by atoms with Gasteiger partial charge in [0.2, 0.25) is 0 Å². The van der Waals surface area contributed by atoms with E-state index in [1.807, 2.05) is 19.1 Å². The summed E-state index contributed by atoms with van der Waals surface area (Å²) in [6.45, 7) is 4.30. The molecule has 1 fully saturated rings. The van der Waals surface area contributed by atoms with Crippen LogP contribution in [0.3, 0.4) is 0 Å². The lowest BCUT2D eigenvalue weighted by Gasteiger charge is -2.27. The van der Waals surface area contributed by atoms with Crippen LogP contribution in [-0.2, 0) is 0 Å². The fourth-order valence-electron chi connectivity index (χ4n) is 2.38. The van der Waals surface area contributed by atoms with E-state index in [1.54, 1.807) is 11.3 Å². The summed E-state index contributed by atoms with van der Waals surface area (Å²) in [6.07, 6.45) is 4.83. The minimum absolute atomic E-state index is 0.109. The first-order valence-electron chi connectivity index (χ1n) is 6.02. The van der Waals surface area contributed by atoms with Gasteiger partial charge >= 0.3 is 0 Å². The Morgan fingerprint density at radius 2 is 2.25 bits per heavy atom. The highest BCUT2D eigenvalue weighted by molar-refractivity contribution is 7.13. The topological polar surface area (TPSA) is 29.1 Å². The van der Waals surface area contributed by atoms with Crippen LogP contribution in [0.1, 0.15) is 47.2 Å². The van der Waals surface area contributed by atoms with Gasteiger partial charge in [-0.25, -0.2) is 0 Å². The quantitative estimate of drug-likeness (QED) is 0.839. The molecule has 1 saturated carbocycles. The predicted molar refractivity (Wildman–Crippen MR) is 67.9 cm³/mol. The van der Waals surface area contributed by atoms with E-state index in [4.69, 9.17) is 0 Å². The van der Waals surface area contributed by atoms with E-state index in [2.05, 4.69) is 12.2 Å². The smallest absolute Gasteiger partial charge is 0.261 e. The average Bonchev–Trinajstić information content (AvgIpc) is 2.65. The van der Waals surface area contributed by atoms with Gasteiger partial charge in [0, 0.05) is 10.9 Å². The third-order valence-electron chi connectivity index (χ3n) is 3.24. The maximum atomic E-state index is 11.9. The number of nitrogens with one attached hydrogen (secondary N) is 1. The molecule has 0 spiro atoms. The Bertz CT molecular complexity index is 372. The third-order valence-corrected chi connectivity index (χ3v) is 4.24. The number of carbonyl (C=O) groups excluding carboxylic acids is 1. The number of aryl methyl sites for hydroxylation is 1. The summed E-state index contributed by atoms with van der Waals surface area (Å²) in [4.78, 5) is 14.0. The van der Waals surface area contributed by atoms with Gasteiger partial charge in [-0.3, -0.25) is 4.79 Å². The molecule has 88 valence electrons. The molecule has 0 saturated heterocycles. The molecule has 2 nitrogen and oxygen atoms in total. The van der Waals surface area contributed by atoms with Crippen molar-refractivity contribution in [1.82, 2.24) is 5.32 Å². The summed E-state index contributed by atoms with van der Waals surface area (Å²) in [5.74, 6) is 0.862. The maximum Gasteiger partial charge on any atom is 0.261 e. The minimum atomic E-state index is 0.109. The Labute approximate surface area is 101 Å². The van der Waals surface area contributed by atoms with Crippen LogP contribution in [0.2, 0.25) is 0 Å². The largest absolute Gasteiger partial charge is 0.349 e. The second kappa shape index (κ2) is 5.00. The van der Waals surface area contributed by atoms with Crippen molar-refractivity contribution in [2.45, 2.75) is 45.6 Å². The van der Waals surface area contributed by atoms with E-state index >= 15 is 0 Å². The second-order valence-electron chi connectivity index (χ2n) is 4.85. The van der Waals surface area contributed by atoms with Gasteiger partial charge in [0.1, 0.15) is 0 Å². The molecular weight excluding hydrogens is 218 g/mol. The lowest BCUT2D eigenvalue weighted by Crippen LogP contribution is -2.37. The third kappa shape index (κ3) is 2.85. The van der Waals surface area contributed by atoms with Crippen molar-refractivity contribution in [3.63, 3.8) is 0 Å². The van der Waals surface area contributed by atoms with Crippen molar-refractivity contribution < 1.29 is 4.79 Å². The van der Waals surface area contributed by atoms with Crippen molar-refractivity contribution in [3.05, 3.63) is 21.9 Å². The number of rotatable bonds is 2. The molecule has 1 aliphatic carbocycles. The molecule has 0 bridgehead atoms. The highest BCUT2D eigenvalue weighted by atomic mass is 32.1. The van der Waals surface area contributed by atoms with Crippen molar-refractivity contribution >= 4 is 17.2 Å². The van der Waals surface area contributed by atoms with Crippen LogP contribution in [0, 0.1) is 12.8 Å². The first-order chi connectivity index (χ1) is 7.65. The van der Waals surface area contributed by atoms with E-state index in [0.717, 1.165) is 23.6 Å². The molecular formula is C13H19NOS. The van der Waals surface area contributed by atoms with Gasteiger partial charge in [-0.2, -0.15) is 0 Å². The summed E-state index contributed by atoms with van der Waals surface area (Å²) in [6, 6.07) is 4.31. The molecule has 1 aromatic heterocycles. The molecule has 2 unspecified atom stereocenters. The van der Waals surface area contributed by atoms with E-state index in [-0.39, 0.29) is 5.91 Å². The number of hydrogen-bond donors (Lipinski definition) is 1. The minimum Gasteiger partial charge on any atom is -0.349 e. The lowest BCUT2D eigenvalue weighted by molar-refractivity contribution is 0.0925. The summed E-state index contributed by atoms with van der Waals surface area (Å²) in [7, 11) is 0. The van der Waals surface area contributed by atoms with Crippen molar-refractivity contribution in [2.75, 3.05) is 0 Å². The maximum absolute atomic E-state index is 11.9. The van der Waals surface area contributed by atoms with Gasteiger partial charge in [-0.05, 0) is 37.8 Å². The monoisotopic (exact) mass is 237 g/mol. The molecule has 3 heteroatoms. The van der Waals surface area contributed by atoms with Crippen LogP contribution < -0.4 is 5.32 Å². The van der Waals surface area contributed by atoms with Gasteiger partial charge < -0.3 is 5.32 Å². The predicted octanol–water partition coefficient (Wildman–Crippen LogP) is 3.37. The van der Waals surface area contributed by atoms with Crippen molar-refractivity contribution in [2.24, 2.45) is 5.92 Å². The van der Waals surface area contributed by atoms with E-state index in [0.29, 0.717) is 6.04 Å². The van der Waals surface area contributed by atoms with E-state index < -0.39 is 0 Å². The lowest BCUT2D eigenvalue weighted by atomic mass is 9.87. The Morgan fingerprint density at radius 3 is 2.88 bits per heavy atom. The molecule has 0 aliphatic heterocycles. The summed E-state index contributed by atoms with van der Waals surface area (Å²) < 4.78 is 0. The van der Waals surface area contributed by atoms with Gasteiger partial charge in [-0.1, -0.05) is 19.8 Å². The van der Waals surface area contributed by atoms with Crippen LogP contribution in [0.5, 0.6) is 0 Å². The zero-order chi connectivity index (χ0) is 11.5. The van der Waals surface area contributed by atoms with E-state index in [9.17, 15) is 4.79 Å². The first kappa shape index (κ1) is 11.6. The molecule has 2 rings (SSSR count). The van der Waals surface area contributed by atoms with Gasteiger partial charge in [0.05, 0.1) is 4.88 Å². The van der Waals surface area contributed by atoms with E-state index in [1.165, 1.54) is 17.7 Å². The molecule has 1 N–H and O–H groups in total. The fourth-order valence-corrected chi connectivity index (χ4v) is 3.15. The summed E-state index contributed by atoms with van der Waals surface area (Å²) in [5.41, 5.74) is 0. The van der Waals surface area contributed by atoms with Crippen molar-refractivity contribution in [3.8, 4) is 0 Å². The molecule has 1 heterocycles. The fraction of sp³-hybridized carbons (Fsp3) is 0.615. The highest BCUT2D eigenvalue weighted by Crippen LogP contribution is 2.24. The molecule has 1 amide bonds. The first-order valence-corrected chi connectivity index (χ1v) is 6.84. The molecule has 0 aromatic carbocycles. The molecule has 16 heavy (non-hydrogen) atoms. The Hall–Kier alpha value is -0.830. The SMILES string of the molecule is Cc1ccc(C(=O)NC2CCCC(C)C2)s1. The Balaban J connectivity index is 1.92. The van der Waals surface area contributed by atoms with Crippen LogP contribution in [0.25, 0.3) is 0 Å². The average molecular weight is 237 g/mol. The number of carbonyl (C=O) groups is 1. The standard InChI is InChI=1S/C13H19NOS/c1-9-4-3-5-11(8-9)14-13(15)12-7-6-10(2)16-12/h6-7,9,11H,3-5,8H2,1-2H3,(H,14,15). The zero-order valence-corrected chi connectivity index (χ0v) is 10.8. The number of amides is 1. The van der Waals surface area contributed by atoms with Gasteiger partial charge in [0.25, 0.3) is 5.91 Å². The number of hydrogen-bond acceptors (Lipinski definition) is 2. The summed E-state index contributed by atoms with van der Waals surface area (Å²) >= 11 is 1.57.